The minimum atomic E-state index is 0.290. The number of rotatable bonds is 13. The zero-order valence-electron chi connectivity index (χ0n) is 17.9. The number of nitriles is 1. The Kier molecular flexibility index (Phi) is 10.3. The van der Waals surface area contributed by atoms with Crippen LogP contribution in [0.2, 0.25) is 0 Å². The van der Waals surface area contributed by atoms with Gasteiger partial charge in [-0.1, -0.05) is 37.8 Å². The van der Waals surface area contributed by atoms with Crippen molar-refractivity contribution < 1.29 is 19.3 Å². The molecule has 0 heterocycles. The lowest BCUT2D eigenvalue weighted by Crippen LogP contribution is -1.97. The third kappa shape index (κ3) is 7.81. The maximum atomic E-state index is 9.62. The van der Waals surface area contributed by atoms with Gasteiger partial charge in [0.2, 0.25) is 0 Å². The summed E-state index contributed by atoms with van der Waals surface area (Å²) in [6, 6.07) is 15.4. The number of aliphatic hydroxyl groups is 1. The van der Waals surface area contributed by atoms with Crippen molar-refractivity contribution in [3.63, 3.8) is 0 Å². The van der Waals surface area contributed by atoms with Crippen molar-refractivity contribution in [1.82, 2.24) is 0 Å². The van der Waals surface area contributed by atoms with Gasteiger partial charge in [-0.15, -0.1) is 0 Å². The molecule has 0 atom stereocenters. The van der Waals surface area contributed by atoms with Crippen molar-refractivity contribution in [3.8, 4) is 23.3 Å². The van der Waals surface area contributed by atoms with Crippen LogP contribution in [-0.4, -0.2) is 32.5 Å². The maximum Gasteiger partial charge on any atom is 0.123 e. The molecule has 0 radical (unpaired) electrons. The van der Waals surface area contributed by atoms with E-state index in [9.17, 15) is 5.26 Å². The minimum absolute atomic E-state index is 0.290. The van der Waals surface area contributed by atoms with Gasteiger partial charge in [-0.25, -0.2) is 0 Å². The number of methoxy groups -OCH3 is 2. The Morgan fingerprint density at radius 1 is 0.867 bits per heavy atom. The first kappa shape index (κ1) is 23.3. The van der Waals surface area contributed by atoms with Crippen molar-refractivity contribution in [2.45, 2.75) is 38.5 Å². The first-order chi connectivity index (χ1) is 14.7. The number of benzene rings is 2. The summed E-state index contributed by atoms with van der Waals surface area (Å²) >= 11 is 0. The van der Waals surface area contributed by atoms with Crippen molar-refractivity contribution in [3.05, 3.63) is 53.6 Å². The Morgan fingerprint density at radius 2 is 1.47 bits per heavy atom. The second-order valence-corrected chi connectivity index (χ2v) is 7.03. The van der Waals surface area contributed by atoms with E-state index in [1.165, 1.54) is 12.8 Å². The van der Waals surface area contributed by atoms with Gasteiger partial charge in [0.15, 0.2) is 0 Å². The second kappa shape index (κ2) is 13.3. The van der Waals surface area contributed by atoms with Gasteiger partial charge in [0, 0.05) is 12.7 Å². The first-order valence-electron chi connectivity index (χ1n) is 10.4. The molecule has 0 spiro atoms. The molecule has 5 nitrogen and oxygen atoms in total. The Balaban J connectivity index is 1.92. The lowest BCUT2D eigenvalue weighted by atomic mass is 10.0. The molecule has 2 aromatic rings. The Hall–Kier alpha value is -2.97. The van der Waals surface area contributed by atoms with Gasteiger partial charge in [-0.2, -0.15) is 5.26 Å². The molecular weight excluding hydrogens is 378 g/mol. The molecule has 2 aromatic carbocycles. The number of allylic oxidation sites excluding steroid dienone is 1. The molecule has 1 N–H and O–H groups in total. The number of ether oxygens (including phenoxy) is 3. The van der Waals surface area contributed by atoms with Crippen molar-refractivity contribution in [2.75, 3.05) is 27.4 Å². The zero-order chi connectivity index (χ0) is 21.6. The fourth-order valence-corrected chi connectivity index (χ4v) is 3.08. The molecule has 0 aliphatic carbocycles. The lowest BCUT2D eigenvalue weighted by molar-refractivity contribution is 0.280. The molecule has 2 rings (SSSR count). The molecular formula is C25H31NO4. The van der Waals surface area contributed by atoms with Crippen LogP contribution in [0.3, 0.4) is 0 Å². The molecule has 0 aliphatic heterocycles. The SMILES string of the molecule is COc1cc(OC)cc(C(C#N)=Cc2ccc(OCCCCCCCCO)cc2)c1. The van der Waals surface area contributed by atoms with Crippen LogP contribution in [0.15, 0.2) is 42.5 Å². The van der Waals surface area contributed by atoms with Gasteiger partial charge < -0.3 is 19.3 Å². The molecule has 5 heteroatoms. The molecule has 0 unspecified atom stereocenters. The number of hydrogen-bond donors (Lipinski definition) is 1. The fraction of sp³-hybridized carbons (Fsp3) is 0.400. The first-order valence-corrected chi connectivity index (χ1v) is 10.4. The van der Waals surface area contributed by atoms with Crippen LogP contribution in [0.1, 0.15) is 49.7 Å². The molecule has 0 aromatic heterocycles. The highest BCUT2D eigenvalue weighted by Gasteiger charge is 2.07. The summed E-state index contributed by atoms with van der Waals surface area (Å²) in [4.78, 5) is 0. The van der Waals surface area contributed by atoms with E-state index in [4.69, 9.17) is 19.3 Å². The zero-order valence-corrected chi connectivity index (χ0v) is 17.9. The van der Waals surface area contributed by atoms with Gasteiger partial charge in [-0.3, -0.25) is 0 Å². The van der Waals surface area contributed by atoms with Crippen LogP contribution in [0, 0.1) is 11.3 Å². The van der Waals surface area contributed by atoms with Gasteiger partial charge >= 0.3 is 0 Å². The molecule has 0 bridgehead atoms. The van der Waals surface area contributed by atoms with Crippen LogP contribution >= 0.6 is 0 Å². The predicted octanol–water partition coefficient (Wildman–Crippen LogP) is 5.48. The van der Waals surface area contributed by atoms with Gasteiger partial charge in [-0.05, 0) is 54.3 Å². The third-order valence-electron chi connectivity index (χ3n) is 4.80. The third-order valence-corrected chi connectivity index (χ3v) is 4.80. The molecule has 160 valence electrons. The maximum absolute atomic E-state index is 9.62. The van der Waals surface area contributed by atoms with E-state index >= 15 is 0 Å². The van der Waals surface area contributed by atoms with Crippen LogP contribution in [-0.2, 0) is 0 Å². The number of unbranched alkanes of at least 4 members (excludes halogenated alkanes) is 5. The molecule has 30 heavy (non-hydrogen) atoms. The molecule has 0 saturated carbocycles. The highest BCUT2D eigenvalue weighted by atomic mass is 16.5. The van der Waals surface area contributed by atoms with Gasteiger partial charge in [0.1, 0.15) is 17.2 Å². The summed E-state index contributed by atoms with van der Waals surface area (Å²) in [6.45, 7) is 0.986. The van der Waals surface area contributed by atoms with E-state index in [0.717, 1.165) is 42.6 Å². The molecule has 0 aliphatic rings. The lowest BCUT2D eigenvalue weighted by Gasteiger charge is -2.08. The standard InChI is InChI=1S/C25H31NO4/c1-28-24-16-21(17-25(18-24)29-2)22(19-26)15-20-9-11-23(12-10-20)30-14-8-6-4-3-5-7-13-27/h9-12,15-18,27H,3-8,13-14H2,1-2H3. The fourth-order valence-electron chi connectivity index (χ4n) is 3.08. The number of hydrogen-bond acceptors (Lipinski definition) is 5. The second-order valence-electron chi connectivity index (χ2n) is 7.03. The highest BCUT2D eigenvalue weighted by molar-refractivity contribution is 5.90. The van der Waals surface area contributed by atoms with E-state index in [0.29, 0.717) is 23.7 Å². The van der Waals surface area contributed by atoms with E-state index in [1.54, 1.807) is 20.3 Å². The van der Waals surface area contributed by atoms with Crippen LogP contribution in [0.5, 0.6) is 17.2 Å². The van der Waals surface area contributed by atoms with Crippen molar-refractivity contribution >= 4 is 11.6 Å². The Morgan fingerprint density at radius 3 is 2.03 bits per heavy atom. The van der Waals surface area contributed by atoms with Gasteiger partial charge in [0.25, 0.3) is 0 Å². The normalized spacial score (nSPS) is 11.1. The quantitative estimate of drug-likeness (QED) is 0.269. The average molecular weight is 410 g/mol. The highest BCUT2D eigenvalue weighted by Crippen LogP contribution is 2.28. The topological polar surface area (TPSA) is 71.7 Å². The van der Waals surface area contributed by atoms with Crippen molar-refractivity contribution in [1.29, 1.82) is 5.26 Å². The number of aliphatic hydroxyl groups excluding tert-OH is 1. The summed E-state index contributed by atoms with van der Waals surface area (Å²) in [6.07, 6.45) is 8.35. The Labute approximate surface area is 179 Å². The van der Waals surface area contributed by atoms with E-state index in [1.807, 2.05) is 42.5 Å². The van der Waals surface area contributed by atoms with E-state index in [-0.39, 0.29) is 6.61 Å². The summed E-state index contributed by atoms with van der Waals surface area (Å²) < 4.78 is 16.4. The molecule has 0 amide bonds. The summed E-state index contributed by atoms with van der Waals surface area (Å²) in [5.74, 6) is 2.11. The summed E-state index contributed by atoms with van der Waals surface area (Å²) in [7, 11) is 3.18. The predicted molar refractivity (Wildman–Crippen MR) is 120 cm³/mol. The summed E-state index contributed by atoms with van der Waals surface area (Å²) in [5, 5.41) is 18.4. The minimum Gasteiger partial charge on any atom is -0.497 e. The smallest absolute Gasteiger partial charge is 0.123 e. The van der Waals surface area contributed by atoms with E-state index in [2.05, 4.69) is 6.07 Å². The van der Waals surface area contributed by atoms with Gasteiger partial charge in [0.05, 0.1) is 32.5 Å². The summed E-state index contributed by atoms with van der Waals surface area (Å²) in [5.41, 5.74) is 2.19. The largest absolute Gasteiger partial charge is 0.497 e. The molecule has 0 fully saturated rings. The Bertz CT molecular complexity index is 815. The van der Waals surface area contributed by atoms with Crippen molar-refractivity contribution in [2.24, 2.45) is 0 Å². The van der Waals surface area contributed by atoms with Crippen LogP contribution < -0.4 is 14.2 Å². The number of nitrogens with zero attached hydrogens (tertiary/aromatic N) is 1. The average Bonchev–Trinajstić information content (AvgIpc) is 2.79. The molecule has 0 saturated heterocycles. The van der Waals surface area contributed by atoms with Crippen LogP contribution in [0.4, 0.5) is 0 Å². The van der Waals surface area contributed by atoms with E-state index < -0.39 is 0 Å². The monoisotopic (exact) mass is 409 g/mol. The van der Waals surface area contributed by atoms with Crippen LogP contribution in [0.25, 0.3) is 11.6 Å².